The lowest BCUT2D eigenvalue weighted by atomic mass is 10.1. The molecule has 1 heterocycles. The predicted octanol–water partition coefficient (Wildman–Crippen LogP) is 1.64. The Morgan fingerprint density at radius 2 is 1.59 bits per heavy atom. The Morgan fingerprint density at radius 3 is 2.09 bits per heavy atom. The summed E-state index contributed by atoms with van der Waals surface area (Å²) in [6.45, 7) is 4.62. The lowest BCUT2D eigenvalue weighted by Crippen LogP contribution is -2.51. The number of benzene rings is 1. The van der Waals surface area contributed by atoms with Gasteiger partial charge in [-0.05, 0) is 36.6 Å². The average Bonchev–Trinajstić information content (AvgIpc) is 3.30. The van der Waals surface area contributed by atoms with Gasteiger partial charge >= 0.3 is 0 Å². The molecule has 1 saturated carbocycles. The molecule has 118 valence electrons. The summed E-state index contributed by atoms with van der Waals surface area (Å²) in [4.78, 5) is 28.4. The molecule has 22 heavy (non-hydrogen) atoms. The van der Waals surface area contributed by atoms with E-state index in [0.29, 0.717) is 37.7 Å². The molecule has 3 rings (SSSR count). The van der Waals surface area contributed by atoms with Crippen LogP contribution in [0.25, 0.3) is 0 Å². The lowest BCUT2D eigenvalue weighted by Gasteiger charge is -2.35. The minimum Gasteiger partial charge on any atom is -0.497 e. The third-order valence-corrected chi connectivity index (χ3v) is 4.64. The first-order valence-corrected chi connectivity index (χ1v) is 7.82. The summed E-state index contributed by atoms with van der Waals surface area (Å²) < 4.78 is 5.10. The highest BCUT2D eigenvalue weighted by atomic mass is 16.5. The van der Waals surface area contributed by atoms with Crippen LogP contribution in [0.1, 0.15) is 23.7 Å². The van der Waals surface area contributed by atoms with Crippen LogP contribution in [0.4, 0.5) is 0 Å². The number of hydrogen-bond acceptors (Lipinski definition) is 3. The van der Waals surface area contributed by atoms with Crippen molar-refractivity contribution >= 4 is 11.8 Å². The van der Waals surface area contributed by atoms with Gasteiger partial charge in [0.05, 0.1) is 7.11 Å². The molecule has 0 bridgehead atoms. The van der Waals surface area contributed by atoms with Crippen LogP contribution in [0.3, 0.4) is 0 Å². The molecule has 1 saturated heterocycles. The maximum Gasteiger partial charge on any atom is 0.253 e. The van der Waals surface area contributed by atoms with Gasteiger partial charge in [0, 0.05) is 37.7 Å². The smallest absolute Gasteiger partial charge is 0.253 e. The molecular formula is C17H22N2O3. The van der Waals surface area contributed by atoms with Crippen molar-refractivity contribution < 1.29 is 14.3 Å². The largest absolute Gasteiger partial charge is 0.497 e. The first-order chi connectivity index (χ1) is 10.6. The van der Waals surface area contributed by atoms with Crippen LogP contribution in [0.5, 0.6) is 5.75 Å². The number of rotatable bonds is 3. The predicted molar refractivity (Wildman–Crippen MR) is 82.7 cm³/mol. The molecule has 2 atom stereocenters. The molecule has 1 aromatic carbocycles. The molecule has 0 aromatic heterocycles. The molecule has 0 spiro atoms. The summed E-state index contributed by atoms with van der Waals surface area (Å²) in [5.41, 5.74) is 0.663. The SMILES string of the molecule is COc1ccc(C(=O)N2CCN(C(=O)C3CC3C)CC2)cc1. The van der Waals surface area contributed by atoms with E-state index < -0.39 is 0 Å². The minimum absolute atomic E-state index is 0.0227. The Balaban J connectivity index is 1.56. The summed E-state index contributed by atoms with van der Waals surface area (Å²) in [5, 5.41) is 0. The normalized spacial score (nSPS) is 24.1. The van der Waals surface area contributed by atoms with Crippen molar-refractivity contribution in [3.05, 3.63) is 29.8 Å². The lowest BCUT2D eigenvalue weighted by molar-refractivity contribution is -0.134. The molecule has 0 N–H and O–H groups in total. The van der Waals surface area contributed by atoms with Gasteiger partial charge in [0.2, 0.25) is 5.91 Å². The van der Waals surface area contributed by atoms with Gasteiger partial charge in [-0.25, -0.2) is 0 Å². The Morgan fingerprint density at radius 1 is 1.05 bits per heavy atom. The van der Waals surface area contributed by atoms with Gasteiger partial charge in [-0.2, -0.15) is 0 Å². The summed E-state index contributed by atoms with van der Waals surface area (Å²) in [5.74, 6) is 1.79. The van der Waals surface area contributed by atoms with Crippen LogP contribution in [-0.4, -0.2) is 54.9 Å². The van der Waals surface area contributed by atoms with Crippen LogP contribution < -0.4 is 4.74 Å². The second kappa shape index (κ2) is 5.99. The molecule has 2 amide bonds. The van der Waals surface area contributed by atoms with Crippen LogP contribution >= 0.6 is 0 Å². The van der Waals surface area contributed by atoms with E-state index in [0.717, 1.165) is 12.2 Å². The van der Waals surface area contributed by atoms with Crippen LogP contribution in [0.15, 0.2) is 24.3 Å². The van der Waals surface area contributed by atoms with E-state index in [1.165, 1.54) is 0 Å². The summed E-state index contributed by atoms with van der Waals surface area (Å²) >= 11 is 0. The monoisotopic (exact) mass is 302 g/mol. The summed E-state index contributed by atoms with van der Waals surface area (Å²) in [7, 11) is 1.60. The molecule has 1 aromatic rings. The Kier molecular flexibility index (Phi) is 4.05. The summed E-state index contributed by atoms with van der Waals surface area (Å²) in [6, 6.07) is 7.15. The third-order valence-electron chi connectivity index (χ3n) is 4.64. The maximum absolute atomic E-state index is 12.5. The van der Waals surface area contributed by atoms with E-state index in [9.17, 15) is 9.59 Å². The number of carbonyl (C=O) groups excluding carboxylic acids is 2. The fraction of sp³-hybridized carbons (Fsp3) is 0.529. The van der Waals surface area contributed by atoms with E-state index in [-0.39, 0.29) is 17.7 Å². The third kappa shape index (κ3) is 2.93. The number of carbonyl (C=O) groups is 2. The quantitative estimate of drug-likeness (QED) is 0.853. The Labute approximate surface area is 130 Å². The zero-order valence-corrected chi connectivity index (χ0v) is 13.1. The minimum atomic E-state index is 0.0227. The first-order valence-electron chi connectivity index (χ1n) is 7.82. The molecule has 2 fully saturated rings. The second-order valence-corrected chi connectivity index (χ2v) is 6.17. The standard InChI is InChI=1S/C17H22N2O3/c1-12-11-15(12)17(21)19-9-7-18(8-10-19)16(20)13-3-5-14(22-2)6-4-13/h3-6,12,15H,7-11H2,1-2H3. The van der Waals surface area contributed by atoms with Crippen molar-refractivity contribution in [2.45, 2.75) is 13.3 Å². The number of nitrogens with zero attached hydrogens (tertiary/aromatic N) is 2. The first kappa shape index (κ1) is 14.9. The van der Waals surface area contributed by atoms with E-state index in [2.05, 4.69) is 6.92 Å². The fourth-order valence-corrected chi connectivity index (χ4v) is 2.95. The summed E-state index contributed by atoms with van der Waals surface area (Å²) in [6.07, 6.45) is 1.02. The van der Waals surface area contributed by atoms with E-state index >= 15 is 0 Å². The number of hydrogen-bond donors (Lipinski definition) is 0. The van der Waals surface area contributed by atoms with Crippen molar-refractivity contribution in [1.82, 2.24) is 9.80 Å². The molecule has 1 aliphatic heterocycles. The number of methoxy groups -OCH3 is 1. The molecule has 0 radical (unpaired) electrons. The van der Waals surface area contributed by atoms with Gasteiger partial charge in [-0.1, -0.05) is 6.92 Å². The molecule has 2 aliphatic rings. The highest BCUT2D eigenvalue weighted by molar-refractivity contribution is 5.94. The topological polar surface area (TPSA) is 49.9 Å². The van der Waals surface area contributed by atoms with Crippen molar-refractivity contribution in [3.8, 4) is 5.75 Å². The molecular weight excluding hydrogens is 280 g/mol. The van der Waals surface area contributed by atoms with E-state index in [1.54, 1.807) is 31.4 Å². The molecule has 1 aliphatic carbocycles. The number of amides is 2. The maximum atomic E-state index is 12.5. The zero-order valence-electron chi connectivity index (χ0n) is 13.1. The Bertz CT molecular complexity index is 562. The van der Waals surface area contributed by atoms with Crippen LogP contribution in [-0.2, 0) is 4.79 Å². The van der Waals surface area contributed by atoms with Gasteiger partial charge in [-0.3, -0.25) is 9.59 Å². The van der Waals surface area contributed by atoms with Gasteiger partial charge in [0.15, 0.2) is 0 Å². The van der Waals surface area contributed by atoms with Gasteiger partial charge in [0.1, 0.15) is 5.75 Å². The van der Waals surface area contributed by atoms with Gasteiger partial charge in [0.25, 0.3) is 5.91 Å². The second-order valence-electron chi connectivity index (χ2n) is 6.17. The molecule has 2 unspecified atom stereocenters. The molecule has 5 nitrogen and oxygen atoms in total. The van der Waals surface area contributed by atoms with Gasteiger partial charge < -0.3 is 14.5 Å². The van der Waals surface area contributed by atoms with Crippen molar-refractivity contribution in [3.63, 3.8) is 0 Å². The Hall–Kier alpha value is -2.04. The number of ether oxygens (including phenoxy) is 1. The molecule has 5 heteroatoms. The van der Waals surface area contributed by atoms with Crippen molar-refractivity contribution in [2.24, 2.45) is 11.8 Å². The average molecular weight is 302 g/mol. The van der Waals surface area contributed by atoms with Crippen LogP contribution in [0, 0.1) is 11.8 Å². The van der Waals surface area contributed by atoms with Gasteiger partial charge in [-0.15, -0.1) is 0 Å². The van der Waals surface area contributed by atoms with Crippen LogP contribution in [0.2, 0.25) is 0 Å². The number of piperazine rings is 1. The fourth-order valence-electron chi connectivity index (χ4n) is 2.95. The highest BCUT2D eigenvalue weighted by Crippen LogP contribution is 2.39. The van der Waals surface area contributed by atoms with Crippen molar-refractivity contribution in [1.29, 1.82) is 0 Å². The zero-order chi connectivity index (χ0) is 15.7. The van der Waals surface area contributed by atoms with E-state index in [4.69, 9.17) is 4.74 Å². The highest BCUT2D eigenvalue weighted by Gasteiger charge is 2.42. The van der Waals surface area contributed by atoms with Crippen molar-refractivity contribution in [2.75, 3.05) is 33.3 Å². The van der Waals surface area contributed by atoms with E-state index in [1.807, 2.05) is 9.80 Å².